The van der Waals surface area contributed by atoms with Gasteiger partial charge in [-0.2, -0.15) is 0 Å². The Kier molecular flexibility index (Phi) is 4.92. The Bertz CT molecular complexity index is 706. The van der Waals surface area contributed by atoms with E-state index in [1.807, 2.05) is 17.8 Å². The van der Waals surface area contributed by atoms with Gasteiger partial charge in [0.25, 0.3) is 0 Å². The molecule has 2 aromatic rings. The fourth-order valence-corrected chi connectivity index (χ4v) is 3.97. The molecule has 0 spiro atoms. The summed E-state index contributed by atoms with van der Waals surface area (Å²) >= 11 is 8.02. The summed E-state index contributed by atoms with van der Waals surface area (Å²) in [6.07, 6.45) is 4.56. The van der Waals surface area contributed by atoms with Crippen molar-refractivity contribution in [2.75, 3.05) is 20.6 Å². The van der Waals surface area contributed by atoms with E-state index in [0.29, 0.717) is 0 Å². The number of benzene rings is 2. The van der Waals surface area contributed by atoms with Crippen LogP contribution in [0.3, 0.4) is 0 Å². The predicted octanol–water partition coefficient (Wildman–Crippen LogP) is 5.69. The molecule has 0 bridgehead atoms. The molecule has 0 radical (unpaired) electrons. The molecule has 0 atom stereocenters. The molecule has 0 aromatic heterocycles. The van der Waals surface area contributed by atoms with E-state index >= 15 is 0 Å². The summed E-state index contributed by atoms with van der Waals surface area (Å²) in [5.41, 5.74) is 4.00. The van der Waals surface area contributed by atoms with Crippen molar-refractivity contribution < 1.29 is 0 Å². The number of nitrogens with zero attached hydrogens (tertiary/aromatic N) is 1. The van der Waals surface area contributed by atoms with E-state index in [0.717, 1.165) is 24.4 Å². The third-order valence-corrected chi connectivity index (χ3v) is 5.21. The van der Waals surface area contributed by atoms with Crippen molar-refractivity contribution >= 4 is 35.0 Å². The van der Waals surface area contributed by atoms with Crippen LogP contribution in [0.2, 0.25) is 5.02 Å². The van der Waals surface area contributed by atoms with Crippen LogP contribution in [0.15, 0.2) is 52.3 Å². The summed E-state index contributed by atoms with van der Waals surface area (Å²) in [5, 5.41) is 0.800. The minimum absolute atomic E-state index is 0.800. The van der Waals surface area contributed by atoms with Crippen molar-refractivity contribution in [1.82, 2.24) is 4.90 Å². The first kappa shape index (κ1) is 15.7. The summed E-state index contributed by atoms with van der Waals surface area (Å²) < 4.78 is 0. The van der Waals surface area contributed by atoms with Crippen LogP contribution >= 0.6 is 23.4 Å². The molecular formula is C19H20ClNS. The maximum Gasteiger partial charge on any atom is 0.0412 e. The lowest BCUT2D eigenvalue weighted by atomic mass is 9.98. The number of allylic oxidation sites excluding steroid dienone is 1. The van der Waals surface area contributed by atoms with Crippen LogP contribution in [0.1, 0.15) is 24.0 Å². The Morgan fingerprint density at radius 2 is 1.86 bits per heavy atom. The Morgan fingerprint density at radius 1 is 1.05 bits per heavy atom. The van der Waals surface area contributed by atoms with E-state index in [-0.39, 0.29) is 0 Å². The lowest BCUT2D eigenvalue weighted by Crippen LogP contribution is -2.12. The van der Waals surface area contributed by atoms with Crippen LogP contribution in [-0.4, -0.2) is 25.5 Å². The molecule has 0 aliphatic carbocycles. The Hall–Kier alpha value is -1.22. The molecule has 1 aliphatic heterocycles. The molecule has 1 heterocycles. The van der Waals surface area contributed by atoms with E-state index in [2.05, 4.69) is 61.5 Å². The van der Waals surface area contributed by atoms with Crippen LogP contribution in [0.5, 0.6) is 0 Å². The van der Waals surface area contributed by atoms with Crippen LogP contribution in [0.4, 0.5) is 0 Å². The van der Waals surface area contributed by atoms with Crippen LogP contribution < -0.4 is 0 Å². The SMILES string of the molecule is CN(C)CCCC1=Cc2cc(Cl)ccc2Sc2ccccc21. The second-order valence-electron chi connectivity index (χ2n) is 5.86. The summed E-state index contributed by atoms with van der Waals surface area (Å²) in [6.45, 7) is 1.11. The van der Waals surface area contributed by atoms with E-state index in [1.54, 1.807) is 0 Å². The Morgan fingerprint density at radius 3 is 2.68 bits per heavy atom. The van der Waals surface area contributed by atoms with Gasteiger partial charge in [0.1, 0.15) is 0 Å². The molecule has 2 aromatic carbocycles. The highest BCUT2D eigenvalue weighted by Crippen LogP contribution is 2.42. The van der Waals surface area contributed by atoms with E-state index in [9.17, 15) is 0 Å². The van der Waals surface area contributed by atoms with Gasteiger partial charge < -0.3 is 4.90 Å². The van der Waals surface area contributed by atoms with Crippen molar-refractivity contribution in [3.05, 3.63) is 58.6 Å². The molecule has 3 heteroatoms. The van der Waals surface area contributed by atoms with Gasteiger partial charge in [0, 0.05) is 14.8 Å². The maximum absolute atomic E-state index is 6.19. The number of hydrogen-bond donors (Lipinski definition) is 0. The molecule has 0 fully saturated rings. The fourth-order valence-electron chi connectivity index (χ4n) is 2.72. The van der Waals surface area contributed by atoms with Gasteiger partial charge in [0.15, 0.2) is 0 Å². The number of fused-ring (bicyclic) bond motifs is 2. The van der Waals surface area contributed by atoms with Crippen molar-refractivity contribution in [3.63, 3.8) is 0 Å². The molecule has 0 saturated heterocycles. The van der Waals surface area contributed by atoms with Crippen molar-refractivity contribution in [3.8, 4) is 0 Å². The topological polar surface area (TPSA) is 3.24 Å². The normalized spacial score (nSPS) is 13.4. The third kappa shape index (κ3) is 3.57. The standard InChI is InChI=1S/C19H20ClNS/c1-21(2)11-5-6-14-12-15-13-16(20)9-10-18(15)22-19-8-4-3-7-17(14)19/h3-4,7-10,12-13H,5-6,11H2,1-2H3. The molecule has 0 unspecified atom stereocenters. The number of hydrogen-bond acceptors (Lipinski definition) is 2. The first-order valence-corrected chi connectivity index (χ1v) is 8.75. The van der Waals surface area contributed by atoms with Crippen LogP contribution in [0, 0.1) is 0 Å². The van der Waals surface area contributed by atoms with E-state index in [4.69, 9.17) is 11.6 Å². The molecule has 1 nitrogen and oxygen atoms in total. The van der Waals surface area contributed by atoms with Crippen molar-refractivity contribution in [2.24, 2.45) is 0 Å². The highest BCUT2D eigenvalue weighted by molar-refractivity contribution is 7.99. The number of rotatable bonds is 4. The second-order valence-corrected chi connectivity index (χ2v) is 7.38. The average Bonchev–Trinajstić information content (AvgIpc) is 2.63. The lowest BCUT2D eigenvalue weighted by molar-refractivity contribution is 0.403. The summed E-state index contributed by atoms with van der Waals surface area (Å²) in [5.74, 6) is 0. The van der Waals surface area contributed by atoms with E-state index in [1.165, 1.54) is 26.5 Å². The quantitative estimate of drug-likeness (QED) is 0.709. The fraction of sp³-hybridized carbons (Fsp3) is 0.263. The summed E-state index contributed by atoms with van der Waals surface area (Å²) in [7, 11) is 4.25. The highest BCUT2D eigenvalue weighted by atomic mass is 35.5. The Labute approximate surface area is 142 Å². The largest absolute Gasteiger partial charge is 0.309 e. The predicted molar refractivity (Wildman–Crippen MR) is 97.7 cm³/mol. The summed E-state index contributed by atoms with van der Waals surface area (Å²) in [4.78, 5) is 4.85. The molecule has 1 aliphatic rings. The molecule has 0 amide bonds. The molecule has 3 rings (SSSR count). The average molecular weight is 330 g/mol. The minimum atomic E-state index is 0.800. The van der Waals surface area contributed by atoms with Crippen LogP contribution in [0.25, 0.3) is 11.6 Å². The molecular weight excluding hydrogens is 310 g/mol. The van der Waals surface area contributed by atoms with Crippen LogP contribution in [-0.2, 0) is 0 Å². The van der Waals surface area contributed by atoms with Gasteiger partial charge in [-0.05, 0) is 80.5 Å². The lowest BCUT2D eigenvalue weighted by Gasteiger charge is -2.12. The smallest absolute Gasteiger partial charge is 0.0412 e. The molecule has 114 valence electrons. The van der Waals surface area contributed by atoms with Crippen molar-refractivity contribution in [1.29, 1.82) is 0 Å². The zero-order valence-electron chi connectivity index (χ0n) is 13.0. The molecule has 0 N–H and O–H groups in total. The first-order valence-electron chi connectivity index (χ1n) is 7.55. The zero-order valence-corrected chi connectivity index (χ0v) is 14.5. The number of halogens is 1. The van der Waals surface area contributed by atoms with Gasteiger partial charge in [-0.1, -0.05) is 41.6 Å². The summed E-state index contributed by atoms with van der Waals surface area (Å²) in [6, 6.07) is 14.9. The molecule has 0 saturated carbocycles. The van der Waals surface area contributed by atoms with Gasteiger partial charge in [-0.15, -0.1) is 0 Å². The first-order chi connectivity index (χ1) is 10.6. The second kappa shape index (κ2) is 6.91. The maximum atomic E-state index is 6.19. The zero-order chi connectivity index (χ0) is 15.5. The minimum Gasteiger partial charge on any atom is -0.309 e. The van der Waals surface area contributed by atoms with Gasteiger partial charge in [0.2, 0.25) is 0 Å². The van der Waals surface area contributed by atoms with Crippen molar-refractivity contribution in [2.45, 2.75) is 22.6 Å². The third-order valence-electron chi connectivity index (χ3n) is 3.81. The van der Waals surface area contributed by atoms with Gasteiger partial charge >= 0.3 is 0 Å². The molecule has 22 heavy (non-hydrogen) atoms. The van der Waals surface area contributed by atoms with Gasteiger partial charge in [-0.3, -0.25) is 0 Å². The monoisotopic (exact) mass is 329 g/mol. The van der Waals surface area contributed by atoms with E-state index < -0.39 is 0 Å². The Balaban J connectivity index is 1.99. The van der Waals surface area contributed by atoms with Gasteiger partial charge in [-0.25, -0.2) is 0 Å². The van der Waals surface area contributed by atoms with Gasteiger partial charge in [0.05, 0.1) is 0 Å². The highest BCUT2D eigenvalue weighted by Gasteiger charge is 2.15.